The minimum absolute atomic E-state index is 0.199. The molecule has 17 heavy (non-hydrogen) atoms. The Morgan fingerprint density at radius 3 is 2.88 bits per heavy atom. The van der Waals surface area contributed by atoms with Crippen molar-refractivity contribution < 1.29 is 9.84 Å². The van der Waals surface area contributed by atoms with Crippen molar-refractivity contribution in [2.24, 2.45) is 0 Å². The summed E-state index contributed by atoms with van der Waals surface area (Å²) in [5, 5.41) is 13.2. The van der Waals surface area contributed by atoms with Crippen molar-refractivity contribution in [3.63, 3.8) is 0 Å². The van der Waals surface area contributed by atoms with Crippen molar-refractivity contribution in [1.29, 1.82) is 0 Å². The Morgan fingerprint density at radius 1 is 1.41 bits per heavy atom. The van der Waals surface area contributed by atoms with Crippen LogP contribution in [0.1, 0.15) is 31.2 Å². The lowest BCUT2D eigenvalue weighted by Crippen LogP contribution is -2.41. The van der Waals surface area contributed by atoms with Gasteiger partial charge in [0.15, 0.2) is 0 Å². The third kappa shape index (κ3) is 3.41. The van der Waals surface area contributed by atoms with Crippen molar-refractivity contribution >= 4 is 0 Å². The summed E-state index contributed by atoms with van der Waals surface area (Å²) in [6, 6.07) is 4.08. The van der Waals surface area contributed by atoms with Gasteiger partial charge < -0.3 is 15.2 Å². The van der Waals surface area contributed by atoms with Gasteiger partial charge in [0.1, 0.15) is 0 Å². The van der Waals surface area contributed by atoms with Gasteiger partial charge in [0, 0.05) is 24.8 Å². The Hall–Kier alpha value is -1.13. The molecule has 2 atom stereocenters. The molecule has 0 spiro atoms. The molecule has 1 heterocycles. The second-order valence-corrected chi connectivity index (χ2v) is 4.55. The van der Waals surface area contributed by atoms with Crippen LogP contribution in [-0.4, -0.2) is 29.3 Å². The largest absolute Gasteiger partial charge is 0.481 e. The second-order valence-electron chi connectivity index (χ2n) is 4.55. The average molecular weight is 236 g/mol. The van der Waals surface area contributed by atoms with Crippen molar-refractivity contribution in [2.75, 3.05) is 7.11 Å². The Bertz CT molecular complexity index is 340. The monoisotopic (exact) mass is 236 g/mol. The maximum absolute atomic E-state index is 9.83. The maximum atomic E-state index is 9.83. The molecule has 0 aliphatic heterocycles. The van der Waals surface area contributed by atoms with Crippen molar-refractivity contribution in [3.05, 3.63) is 23.9 Å². The molecule has 1 fully saturated rings. The number of ether oxygens (including phenoxy) is 1. The maximum Gasteiger partial charge on any atom is 0.212 e. The van der Waals surface area contributed by atoms with E-state index in [1.807, 2.05) is 12.1 Å². The van der Waals surface area contributed by atoms with Gasteiger partial charge in [0.05, 0.1) is 13.2 Å². The first-order valence-electron chi connectivity index (χ1n) is 6.20. The van der Waals surface area contributed by atoms with Gasteiger partial charge in [-0.15, -0.1) is 0 Å². The number of nitrogens with one attached hydrogen (secondary N) is 1. The quantitative estimate of drug-likeness (QED) is 0.831. The average Bonchev–Trinajstić information content (AvgIpc) is 2.38. The lowest BCUT2D eigenvalue weighted by atomic mass is 9.92. The zero-order chi connectivity index (χ0) is 12.1. The highest BCUT2D eigenvalue weighted by molar-refractivity contribution is 5.17. The van der Waals surface area contributed by atoms with E-state index in [0.717, 1.165) is 31.4 Å². The summed E-state index contributed by atoms with van der Waals surface area (Å²) >= 11 is 0. The van der Waals surface area contributed by atoms with Crippen LogP contribution in [0.2, 0.25) is 0 Å². The van der Waals surface area contributed by atoms with Crippen LogP contribution in [0.5, 0.6) is 5.88 Å². The summed E-state index contributed by atoms with van der Waals surface area (Å²) in [5.74, 6) is 0.631. The number of aliphatic hydroxyl groups excluding tert-OH is 1. The molecule has 0 radical (unpaired) electrons. The van der Waals surface area contributed by atoms with Gasteiger partial charge in [-0.05, 0) is 18.4 Å². The van der Waals surface area contributed by atoms with Crippen LogP contribution in [0, 0.1) is 0 Å². The van der Waals surface area contributed by atoms with Crippen molar-refractivity contribution in [2.45, 2.75) is 44.4 Å². The zero-order valence-corrected chi connectivity index (χ0v) is 10.2. The zero-order valence-electron chi connectivity index (χ0n) is 10.2. The SMILES string of the molecule is COc1ccc(CN[C@H]2CCCC[C@@H]2O)cn1. The number of hydrogen-bond donors (Lipinski definition) is 2. The molecule has 0 unspecified atom stereocenters. The van der Waals surface area contributed by atoms with E-state index in [-0.39, 0.29) is 12.1 Å². The molecule has 2 rings (SSSR count). The van der Waals surface area contributed by atoms with Gasteiger partial charge in [0.2, 0.25) is 5.88 Å². The molecular weight excluding hydrogens is 216 g/mol. The summed E-state index contributed by atoms with van der Waals surface area (Å²) in [4.78, 5) is 4.16. The highest BCUT2D eigenvalue weighted by Crippen LogP contribution is 2.18. The Morgan fingerprint density at radius 2 is 2.24 bits per heavy atom. The fourth-order valence-corrected chi connectivity index (χ4v) is 2.23. The van der Waals surface area contributed by atoms with Gasteiger partial charge in [-0.3, -0.25) is 0 Å². The predicted molar refractivity (Wildman–Crippen MR) is 65.9 cm³/mol. The van der Waals surface area contributed by atoms with Crippen LogP contribution in [-0.2, 0) is 6.54 Å². The van der Waals surface area contributed by atoms with Gasteiger partial charge in [-0.1, -0.05) is 18.9 Å². The summed E-state index contributed by atoms with van der Waals surface area (Å²) in [6.07, 6.45) is 5.93. The summed E-state index contributed by atoms with van der Waals surface area (Å²) in [7, 11) is 1.61. The van der Waals surface area contributed by atoms with E-state index in [1.165, 1.54) is 6.42 Å². The lowest BCUT2D eigenvalue weighted by Gasteiger charge is -2.28. The normalized spacial score (nSPS) is 24.6. The first kappa shape index (κ1) is 12.3. The molecule has 0 bridgehead atoms. The molecule has 0 saturated heterocycles. The van der Waals surface area contributed by atoms with E-state index >= 15 is 0 Å². The van der Waals surface area contributed by atoms with Crippen LogP contribution >= 0.6 is 0 Å². The van der Waals surface area contributed by atoms with Gasteiger partial charge in [0.25, 0.3) is 0 Å². The van der Waals surface area contributed by atoms with E-state index in [1.54, 1.807) is 13.3 Å². The Kier molecular flexibility index (Phi) is 4.34. The molecule has 0 aromatic carbocycles. The highest BCUT2D eigenvalue weighted by atomic mass is 16.5. The minimum Gasteiger partial charge on any atom is -0.481 e. The first-order valence-corrected chi connectivity index (χ1v) is 6.20. The van der Waals surface area contributed by atoms with Crippen LogP contribution < -0.4 is 10.1 Å². The molecule has 1 aliphatic rings. The van der Waals surface area contributed by atoms with E-state index in [2.05, 4.69) is 10.3 Å². The summed E-state index contributed by atoms with van der Waals surface area (Å²) < 4.78 is 5.01. The highest BCUT2D eigenvalue weighted by Gasteiger charge is 2.21. The number of rotatable bonds is 4. The fourth-order valence-electron chi connectivity index (χ4n) is 2.23. The third-order valence-corrected chi connectivity index (χ3v) is 3.30. The molecule has 1 aromatic rings. The smallest absolute Gasteiger partial charge is 0.212 e. The van der Waals surface area contributed by atoms with Crippen molar-refractivity contribution in [3.8, 4) is 5.88 Å². The van der Waals surface area contributed by atoms with Crippen LogP contribution in [0.3, 0.4) is 0 Å². The molecular formula is C13H20N2O2. The van der Waals surface area contributed by atoms with Crippen LogP contribution in [0.25, 0.3) is 0 Å². The Labute approximate surface area is 102 Å². The first-order chi connectivity index (χ1) is 8.29. The van der Waals surface area contributed by atoms with E-state index in [0.29, 0.717) is 5.88 Å². The number of nitrogens with zero attached hydrogens (tertiary/aromatic N) is 1. The number of aromatic nitrogens is 1. The van der Waals surface area contributed by atoms with Crippen LogP contribution in [0.4, 0.5) is 0 Å². The fraction of sp³-hybridized carbons (Fsp3) is 0.615. The number of pyridine rings is 1. The minimum atomic E-state index is -0.199. The molecule has 94 valence electrons. The molecule has 1 aliphatic carbocycles. The molecule has 4 nitrogen and oxygen atoms in total. The molecule has 2 N–H and O–H groups in total. The van der Waals surface area contributed by atoms with Crippen molar-refractivity contribution in [1.82, 2.24) is 10.3 Å². The molecule has 1 aromatic heterocycles. The van der Waals surface area contributed by atoms with Crippen LogP contribution in [0.15, 0.2) is 18.3 Å². The standard InChI is InChI=1S/C13H20N2O2/c1-17-13-7-6-10(9-15-13)8-14-11-4-2-3-5-12(11)16/h6-7,9,11-12,14,16H,2-5,8H2,1H3/t11-,12-/m0/s1. The summed E-state index contributed by atoms with van der Waals surface area (Å²) in [6.45, 7) is 0.749. The topological polar surface area (TPSA) is 54.4 Å². The predicted octanol–water partition coefficient (Wildman–Crippen LogP) is 1.48. The van der Waals surface area contributed by atoms with Gasteiger partial charge in [-0.2, -0.15) is 0 Å². The molecule has 1 saturated carbocycles. The van der Waals surface area contributed by atoms with E-state index in [9.17, 15) is 5.11 Å². The summed E-state index contributed by atoms with van der Waals surface area (Å²) in [5.41, 5.74) is 1.11. The lowest BCUT2D eigenvalue weighted by molar-refractivity contribution is 0.0902. The van der Waals surface area contributed by atoms with E-state index in [4.69, 9.17) is 4.74 Å². The number of aliphatic hydroxyl groups is 1. The van der Waals surface area contributed by atoms with Gasteiger partial charge in [-0.25, -0.2) is 4.98 Å². The third-order valence-electron chi connectivity index (χ3n) is 3.30. The molecule has 4 heteroatoms. The number of methoxy groups -OCH3 is 1. The molecule has 0 amide bonds. The number of hydrogen-bond acceptors (Lipinski definition) is 4. The Balaban J connectivity index is 1.84. The van der Waals surface area contributed by atoms with Gasteiger partial charge >= 0.3 is 0 Å². The van der Waals surface area contributed by atoms with E-state index < -0.39 is 0 Å². The second kappa shape index (κ2) is 5.98.